The number of rotatable bonds is 13. The normalized spacial score (nSPS) is 10.6. The first-order valence-corrected chi connectivity index (χ1v) is 10.7. The van der Waals surface area contributed by atoms with E-state index in [4.69, 9.17) is 9.47 Å². The lowest BCUT2D eigenvalue weighted by Gasteiger charge is -2.08. The van der Waals surface area contributed by atoms with E-state index < -0.39 is 5.97 Å². The van der Waals surface area contributed by atoms with Crippen molar-refractivity contribution in [3.8, 4) is 5.75 Å². The first kappa shape index (κ1) is 22.7. The van der Waals surface area contributed by atoms with E-state index >= 15 is 0 Å². The Morgan fingerprint density at radius 2 is 1.41 bits per heavy atom. The number of benzene rings is 2. The van der Waals surface area contributed by atoms with Gasteiger partial charge in [-0.2, -0.15) is 0 Å². The van der Waals surface area contributed by atoms with Crippen molar-refractivity contribution in [3.05, 3.63) is 65.2 Å². The topological polar surface area (TPSA) is 52.6 Å². The Morgan fingerprint density at radius 1 is 0.759 bits per heavy atom. The van der Waals surface area contributed by atoms with Crippen LogP contribution >= 0.6 is 0 Å². The quantitative estimate of drug-likeness (QED) is 0.236. The van der Waals surface area contributed by atoms with Crippen molar-refractivity contribution < 1.29 is 19.1 Å². The Balaban J connectivity index is 1.77. The fraction of sp³-hybridized carbons (Fsp3) is 0.440. The molecule has 0 aliphatic rings. The van der Waals surface area contributed by atoms with Gasteiger partial charge in [-0.25, -0.2) is 4.79 Å². The monoisotopic (exact) mass is 396 g/mol. The van der Waals surface area contributed by atoms with E-state index in [0.29, 0.717) is 17.7 Å². The van der Waals surface area contributed by atoms with Crippen LogP contribution in [0.25, 0.3) is 0 Å². The van der Waals surface area contributed by atoms with E-state index in [2.05, 4.69) is 13.8 Å². The highest BCUT2D eigenvalue weighted by Gasteiger charge is 2.12. The predicted octanol–water partition coefficient (Wildman–Crippen LogP) is 6.03. The Labute approximate surface area is 174 Å². The number of Topliss-reactive ketones (excluding diaryl/α,β-unsaturated/α-hetero) is 1. The number of hydrogen-bond donors (Lipinski definition) is 0. The molecular weight excluding hydrogens is 364 g/mol. The van der Waals surface area contributed by atoms with Crippen LogP contribution in [0.2, 0.25) is 0 Å². The minimum Gasteiger partial charge on any atom is -0.494 e. The predicted molar refractivity (Wildman–Crippen MR) is 116 cm³/mol. The summed E-state index contributed by atoms with van der Waals surface area (Å²) in [5.41, 5.74) is 2.17. The Bertz CT molecular complexity index is 747. The molecule has 29 heavy (non-hydrogen) atoms. The summed E-state index contributed by atoms with van der Waals surface area (Å²) in [5.74, 6) is 0.0399. The third-order valence-corrected chi connectivity index (χ3v) is 4.79. The number of aryl methyl sites for hydroxylation is 1. The molecule has 0 aliphatic heterocycles. The third kappa shape index (κ3) is 8.10. The number of ketones is 1. The lowest BCUT2D eigenvalue weighted by Crippen LogP contribution is -2.14. The molecule has 2 aromatic carbocycles. The van der Waals surface area contributed by atoms with Gasteiger partial charge in [0.15, 0.2) is 12.4 Å². The highest BCUT2D eigenvalue weighted by Crippen LogP contribution is 2.14. The molecule has 156 valence electrons. The van der Waals surface area contributed by atoms with Crippen molar-refractivity contribution in [1.82, 2.24) is 0 Å². The zero-order chi connectivity index (χ0) is 20.9. The number of ether oxygens (including phenoxy) is 2. The standard InChI is InChI=1S/C25H32O4/c1-3-5-7-8-18-28-23-16-14-21(15-17-23)24(26)19-29-25(27)22-12-10-20(11-13-22)9-6-4-2/h10-17H,3-9,18-19H2,1-2H3. The molecular formula is C25H32O4. The number of carbonyl (C=O) groups excluding carboxylic acids is 2. The van der Waals surface area contributed by atoms with Gasteiger partial charge in [-0.05, 0) is 61.2 Å². The molecule has 0 aromatic heterocycles. The minimum atomic E-state index is -0.479. The van der Waals surface area contributed by atoms with Crippen molar-refractivity contribution in [3.63, 3.8) is 0 Å². The number of carbonyl (C=O) groups is 2. The van der Waals surface area contributed by atoms with Crippen LogP contribution < -0.4 is 4.74 Å². The SMILES string of the molecule is CCCCCCOc1ccc(C(=O)COC(=O)c2ccc(CCCC)cc2)cc1. The summed E-state index contributed by atoms with van der Waals surface area (Å²) in [6.07, 6.45) is 7.88. The summed E-state index contributed by atoms with van der Waals surface area (Å²) in [4.78, 5) is 24.4. The molecule has 0 radical (unpaired) electrons. The highest BCUT2D eigenvalue weighted by atomic mass is 16.5. The maximum atomic E-state index is 12.3. The van der Waals surface area contributed by atoms with Crippen molar-refractivity contribution in [2.45, 2.75) is 58.8 Å². The molecule has 0 amide bonds. The second-order valence-corrected chi connectivity index (χ2v) is 7.23. The largest absolute Gasteiger partial charge is 0.494 e. The van der Waals surface area contributed by atoms with Gasteiger partial charge in [0.25, 0.3) is 0 Å². The molecule has 4 heteroatoms. The van der Waals surface area contributed by atoms with E-state index in [-0.39, 0.29) is 12.4 Å². The van der Waals surface area contributed by atoms with Crippen molar-refractivity contribution in [2.24, 2.45) is 0 Å². The Kier molecular flexibility index (Phi) is 9.98. The molecule has 0 saturated heterocycles. The smallest absolute Gasteiger partial charge is 0.338 e. The molecule has 0 fully saturated rings. The average Bonchev–Trinajstić information content (AvgIpc) is 2.76. The van der Waals surface area contributed by atoms with Gasteiger partial charge < -0.3 is 9.47 Å². The first-order chi connectivity index (χ1) is 14.1. The van der Waals surface area contributed by atoms with Crippen LogP contribution in [0.5, 0.6) is 5.75 Å². The molecule has 4 nitrogen and oxygen atoms in total. The van der Waals surface area contributed by atoms with Gasteiger partial charge in [0.2, 0.25) is 0 Å². The zero-order valence-corrected chi connectivity index (χ0v) is 17.6. The molecule has 0 atom stereocenters. The summed E-state index contributed by atoms with van der Waals surface area (Å²) >= 11 is 0. The molecule has 0 unspecified atom stereocenters. The van der Waals surface area contributed by atoms with E-state index in [1.54, 1.807) is 36.4 Å². The molecule has 0 aliphatic carbocycles. The van der Waals surface area contributed by atoms with Crippen molar-refractivity contribution in [2.75, 3.05) is 13.2 Å². The van der Waals surface area contributed by atoms with E-state index in [9.17, 15) is 9.59 Å². The first-order valence-electron chi connectivity index (χ1n) is 10.7. The third-order valence-electron chi connectivity index (χ3n) is 4.79. The molecule has 0 bridgehead atoms. The fourth-order valence-corrected chi connectivity index (χ4v) is 2.94. The molecule has 2 aromatic rings. The van der Waals surface area contributed by atoms with Crippen molar-refractivity contribution in [1.29, 1.82) is 0 Å². The van der Waals surface area contributed by atoms with Gasteiger partial charge in [-0.3, -0.25) is 4.79 Å². The fourth-order valence-electron chi connectivity index (χ4n) is 2.94. The number of hydrogen-bond acceptors (Lipinski definition) is 4. The van der Waals surface area contributed by atoms with Crippen LogP contribution in [0.3, 0.4) is 0 Å². The van der Waals surface area contributed by atoms with Crippen LogP contribution in [0.4, 0.5) is 0 Å². The lowest BCUT2D eigenvalue weighted by atomic mass is 10.1. The van der Waals surface area contributed by atoms with Gasteiger partial charge in [-0.1, -0.05) is 51.7 Å². The lowest BCUT2D eigenvalue weighted by molar-refractivity contribution is 0.0474. The average molecular weight is 397 g/mol. The maximum Gasteiger partial charge on any atom is 0.338 e. The van der Waals surface area contributed by atoms with E-state index in [0.717, 1.165) is 31.4 Å². The molecule has 0 N–H and O–H groups in total. The highest BCUT2D eigenvalue weighted by molar-refractivity contribution is 5.99. The second kappa shape index (κ2) is 12.8. The summed E-state index contributed by atoms with van der Waals surface area (Å²) in [5, 5.41) is 0. The van der Waals surface area contributed by atoms with Gasteiger partial charge in [0.1, 0.15) is 5.75 Å². The van der Waals surface area contributed by atoms with E-state index in [1.807, 2.05) is 12.1 Å². The minimum absolute atomic E-state index is 0.229. The van der Waals surface area contributed by atoms with Crippen LogP contribution in [0.15, 0.2) is 48.5 Å². The summed E-state index contributed by atoms with van der Waals surface area (Å²) in [7, 11) is 0. The van der Waals surface area contributed by atoms with Crippen molar-refractivity contribution >= 4 is 11.8 Å². The van der Waals surface area contributed by atoms with Crippen LogP contribution in [-0.2, 0) is 11.2 Å². The van der Waals surface area contributed by atoms with Crippen LogP contribution in [-0.4, -0.2) is 25.0 Å². The van der Waals surface area contributed by atoms with Gasteiger partial charge in [0, 0.05) is 5.56 Å². The zero-order valence-electron chi connectivity index (χ0n) is 17.6. The summed E-state index contributed by atoms with van der Waals surface area (Å²) in [6.45, 7) is 4.74. The van der Waals surface area contributed by atoms with Gasteiger partial charge in [0.05, 0.1) is 12.2 Å². The second-order valence-electron chi connectivity index (χ2n) is 7.23. The number of unbranched alkanes of at least 4 members (excludes halogenated alkanes) is 4. The van der Waals surface area contributed by atoms with Crippen LogP contribution in [0, 0.1) is 0 Å². The van der Waals surface area contributed by atoms with Gasteiger partial charge >= 0.3 is 5.97 Å². The number of esters is 1. The van der Waals surface area contributed by atoms with E-state index in [1.165, 1.54) is 24.8 Å². The summed E-state index contributed by atoms with van der Waals surface area (Å²) in [6, 6.07) is 14.4. The Morgan fingerprint density at radius 3 is 2.07 bits per heavy atom. The molecule has 0 spiro atoms. The maximum absolute atomic E-state index is 12.3. The molecule has 2 rings (SSSR count). The van der Waals surface area contributed by atoms with Gasteiger partial charge in [-0.15, -0.1) is 0 Å². The molecule has 0 heterocycles. The molecule has 0 saturated carbocycles. The van der Waals surface area contributed by atoms with Crippen LogP contribution in [0.1, 0.15) is 78.7 Å². The Hall–Kier alpha value is -2.62. The summed E-state index contributed by atoms with van der Waals surface area (Å²) < 4.78 is 10.9.